The Morgan fingerprint density at radius 3 is 2.42 bits per heavy atom. The summed E-state index contributed by atoms with van der Waals surface area (Å²) in [5.41, 5.74) is 1.62. The van der Waals surface area contributed by atoms with Crippen molar-refractivity contribution in [2.75, 3.05) is 6.61 Å². The summed E-state index contributed by atoms with van der Waals surface area (Å²) in [6.07, 6.45) is 6.37. The molecule has 0 radical (unpaired) electrons. The van der Waals surface area contributed by atoms with Crippen molar-refractivity contribution in [3.63, 3.8) is 0 Å². The molecular formula is C21H33NO4. The second-order valence-corrected chi connectivity index (χ2v) is 7.48. The Hall–Kier alpha value is -1.85. The molecule has 5 nitrogen and oxygen atoms in total. The molecule has 0 saturated carbocycles. The van der Waals surface area contributed by atoms with Crippen LogP contribution < -0.4 is 5.32 Å². The minimum absolute atomic E-state index is 0.388. The Balaban J connectivity index is 2.57. The number of carbonyl (C=O) groups excluding carboxylic acids is 1. The van der Waals surface area contributed by atoms with Gasteiger partial charge in [-0.2, -0.15) is 0 Å². The molecule has 26 heavy (non-hydrogen) atoms. The van der Waals surface area contributed by atoms with Gasteiger partial charge >= 0.3 is 6.09 Å². The number of carbonyl (C=O) groups is 1. The topological polar surface area (TPSA) is 78.8 Å². The smallest absolute Gasteiger partial charge is 0.408 e. The summed E-state index contributed by atoms with van der Waals surface area (Å²) in [4.78, 5) is 11.8. The third kappa shape index (κ3) is 9.02. The Labute approximate surface area is 157 Å². The number of aliphatic hydroxyl groups excluding tert-OH is 2. The molecule has 0 aromatic heterocycles. The first kappa shape index (κ1) is 22.2. The number of rotatable bonds is 9. The second-order valence-electron chi connectivity index (χ2n) is 7.48. The van der Waals surface area contributed by atoms with Crippen molar-refractivity contribution in [3.05, 3.63) is 41.5 Å². The summed E-state index contributed by atoms with van der Waals surface area (Å²) in [5.74, 6) is 0. The fourth-order valence-corrected chi connectivity index (χ4v) is 2.42. The number of amides is 1. The third-order valence-corrected chi connectivity index (χ3v) is 3.85. The summed E-state index contributed by atoms with van der Waals surface area (Å²) in [6.45, 7) is 7.06. The number of ether oxygens (including phenoxy) is 1. The lowest BCUT2D eigenvalue weighted by Gasteiger charge is -2.24. The average Bonchev–Trinajstić information content (AvgIpc) is 2.57. The molecule has 1 amide bonds. The van der Waals surface area contributed by atoms with E-state index in [2.05, 4.69) is 24.4 Å². The highest BCUT2D eigenvalue weighted by Gasteiger charge is 2.22. The summed E-state index contributed by atoms with van der Waals surface area (Å²) < 4.78 is 5.14. The Bertz CT molecular complexity index is 560. The highest BCUT2D eigenvalue weighted by atomic mass is 16.6. The van der Waals surface area contributed by atoms with Gasteiger partial charge in [0, 0.05) is 0 Å². The molecule has 0 fully saturated rings. The lowest BCUT2D eigenvalue weighted by Crippen LogP contribution is -2.46. The molecule has 2 atom stereocenters. The first-order valence-electron chi connectivity index (χ1n) is 9.30. The molecule has 1 aromatic rings. The van der Waals surface area contributed by atoms with Gasteiger partial charge in [-0.3, -0.25) is 0 Å². The van der Waals surface area contributed by atoms with Gasteiger partial charge in [0.2, 0.25) is 0 Å². The van der Waals surface area contributed by atoms with E-state index in [0.717, 1.165) is 12.0 Å². The molecule has 0 saturated heterocycles. The molecule has 0 aliphatic heterocycles. The maximum absolute atomic E-state index is 11.8. The largest absolute Gasteiger partial charge is 0.444 e. The van der Waals surface area contributed by atoms with Crippen LogP contribution in [0.5, 0.6) is 0 Å². The van der Waals surface area contributed by atoms with Crippen molar-refractivity contribution in [1.29, 1.82) is 0 Å². The van der Waals surface area contributed by atoms with E-state index in [1.807, 2.05) is 12.1 Å². The molecule has 0 aliphatic carbocycles. The number of benzene rings is 1. The standard InChI is InChI=1S/C21H33NO4/c1-5-6-7-8-16-9-11-17(12-10-16)13-14-19(24)18(15-23)22-20(25)26-21(2,3)4/h9-14,18-19,23-24H,5-8,15H2,1-4H3,(H,22,25)/b14-13+/t18-,19+/m0/s1. The van der Waals surface area contributed by atoms with Crippen molar-refractivity contribution in [1.82, 2.24) is 5.32 Å². The maximum Gasteiger partial charge on any atom is 0.408 e. The van der Waals surface area contributed by atoms with Crippen LogP contribution in [0.1, 0.15) is 58.1 Å². The van der Waals surface area contributed by atoms with Gasteiger partial charge < -0.3 is 20.3 Å². The van der Waals surface area contributed by atoms with Crippen molar-refractivity contribution in [3.8, 4) is 0 Å². The van der Waals surface area contributed by atoms with Crippen LogP contribution in [0.2, 0.25) is 0 Å². The van der Waals surface area contributed by atoms with Gasteiger partial charge in [0.25, 0.3) is 0 Å². The zero-order valence-corrected chi connectivity index (χ0v) is 16.4. The van der Waals surface area contributed by atoms with E-state index in [9.17, 15) is 15.0 Å². The third-order valence-electron chi connectivity index (χ3n) is 3.85. The van der Waals surface area contributed by atoms with Gasteiger partial charge in [-0.15, -0.1) is 0 Å². The van der Waals surface area contributed by atoms with Gasteiger partial charge in [0.1, 0.15) is 5.60 Å². The van der Waals surface area contributed by atoms with Crippen LogP contribution in [-0.2, 0) is 11.2 Å². The normalized spacial score (nSPS) is 14.2. The highest BCUT2D eigenvalue weighted by molar-refractivity contribution is 5.68. The van der Waals surface area contributed by atoms with Gasteiger partial charge in [-0.1, -0.05) is 56.2 Å². The highest BCUT2D eigenvalue weighted by Crippen LogP contribution is 2.11. The van der Waals surface area contributed by atoms with Crippen LogP contribution in [0.25, 0.3) is 6.08 Å². The van der Waals surface area contributed by atoms with Gasteiger partial charge in [-0.25, -0.2) is 4.79 Å². The van der Waals surface area contributed by atoms with Crippen molar-refractivity contribution < 1.29 is 19.7 Å². The average molecular weight is 363 g/mol. The lowest BCUT2D eigenvalue weighted by molar-refractivity contribution is 0.0406. The number of hydrogen-bond acceptors (Lipinski definition) is 4. The SMILES string of the molecule is CCCCCc1ccc(/C=C/[C@@H](O)[C@H](CO)NC(=O)OC(C)(C)C)cc1. The minimum Gasteiger partial charge on any atom is -0.444 e. The number of hydrogen-bond donors (Lipinski definition) is 3. The summed E-state index contributed by atoms with van der Waals surface area (Å²) in [5, 5.41) is 22.1. The van der Waals surface area contributed by atoms with Crippen LogP contribution in [0.4, 0.5) is 4.79 Å². The predicted molar refractivity (Wildman–Crippen MR) is 105 cm³/mol. The van der Waals surface area contributed by atoms with Gasteiger partial charge in [0.15, 0.2) is 0 Å². The van der Waals surface area contributed by atoms with Crippen LogP contribution in [0, 0.1) is 0 Å². The molecule has 0 aliphatic rings. The molecule has 1 rings (SSSR count). The van der Waals surface area contributed by atoms with E-state index in [1.54, 1.807) is 32.9 Å². The molecular weight excluding hydrogens is 330 g/mol. The summed E-state index contributed by atoms with van der Waals surface area (Å²) >= 11 is 0. The molecule has 1 aromatic carbocycles. The number of aliphatic hydroxyl groups is 2. The lowest BCUT2D eigenvalue weighted by atomic mass is 10.0. The quantitative estimate of drug-likeness (QED) is 0.585. The second kappa shape index (κ2) is 11.0. The maximum atomic E-state index is 11.8. The van der Waals surface area contributed by atoms with E-state index >= 15 is 0 Å². The van der Waals surface area contributed by atoms with Crippen molar-refractivity contribution in [2.45, 2.75) is 71.1 Å². The summed E-state index contributed by atoms with van der Waals surface area (Å²) in [6, 6.07) is 7.35. The van der Waals surface area contributed by atoms with Gasteiger partial charge in [-0.05, 0) is 44.7 Å². The molecule has 0 heterocycles. The van der Waals surface area contributed by atoms with Crippen molar-refractivity contribution >= 4 is 12.2 Å². The van der Waals surface area contributed by atoms with Crippen LogP contribution >= 0.6 is 0 Å². The number of nitrogens with one attached hydrogen (secondary N) is 1. The van der Waals surface area contributed by atoms with E-state index in [0.29, 0.717) is 0 Å². The molecule has 146 valence electrons. The first-order chi connectivity index (χ1) is 12.2. The van der Waals surface area contributed by atoms with E-state index in [1.165, 1.54) is 24.8 Å². The van der Waals surface area contributed by atoms with E-state index in [4.69, 9.17) is 4.74 Å². The van der Waals surface area contributed by atoms with Crippen molar-refractivity contribution in [2.24, 2.45) is 0 Å². The Kier molecular flexibility index (Phi) is 9.38. The van der Waals surface area contributed by atoms with E-state index < -0.39 is 23.8 Å². The minimum atomic E-state index is -1.02. The Morgan fingerprint density at radius 2 is 1.88 bits per heavy atom. The van der Waals surface area contributed by atoms with Gasteiger partial charge in [0.05, 0.1) is 18.8 Å². The first-order valence-corrected chi connectivity index (χ1v) is 9.30. The molecule has 0 unspecified atom stereocenters. The zero-order valence-electron chi connectivity index (χ0n) is 16.4. The zero-order chi connectivity index (χ0) is 19.6. The van der Waals surface area contributed by atoms with Crippen LogP contribution in [0.3, 0.4) is 0 Å². The Morgan fingerprint density at radius 1 is 1.23 bits per heavy atom. The molecule has 0 bridgehead atoms. The van der Waals surface area contributed by atoms with E-state index in [-0.39, 0.29) is 6.61 Å². The monoisotopic (exact) mass is 363 g/mol. The molecule has 0 spiro atoms. The molecule has 3 N–H and O–H groups in total. The van der Waals surface area contributed by atoms with Crippen LogP contribution in [-0.4, -0.2) is 40.7 Å². The fourth-order valence-electron chi connectivity index (χ4n) is 2.42. The fraction of sp³-hybridized carbons (Fsp3) is 0.571. The number of aryl methyl sites for hydroxylation is 1. The number of alkyl carbamates (subject to hydrolysis) is 1. The van der Waals surface area contributed by atoms with Crippen LogP contribution in [0.15, 0.2) is 30.3 Å². The summed E-state index contributed by atoms with van der Waals surface area (Å²) in [7, 11) is 0. The molecule has 5 heteroatoms. The number of unbranched alkanes of at least 4 members (excludes halogenated alkanes) is 2. The predicted octanol–water partition coefficient (Wildman–Crippen LogP) is 3.68.